The molecule has 0 aromatic carbocycles. The molecule has 0 fully saturated rings. The second-order valence-corrected chi connectivity index (χ2v) is 2.31. The first kappa shape index (κ1) is 7.47. The Morgan fingerprint density at radius 1 is 1.62 bits per heavy atom. The Bertz CT molecular complexity index is 526. The lowest BCUT2D eigenvalue weighted by atomic mass is 10.4. The van der Waals surface area contributed by atoms with E-state index in [4.69, 9.17) is 5.11 Å². The zero-order valence-corrected chi connectivity index (χ0v) is 6.26. The molecule has 2 N–H and O–H groups in total. The maximum atomic E-state index is 11.2. The second kappa shape index (κ2) is 2.41. The van der Waals surface area contributed by atoms with Gasteiger partial charge in [0.05, 0.1) is 0 Å². The van der Waals surface area contributed by atoms with Gasteiger partial charge in [0, 0.05) is 6.07 Å². The third kappa shape index (κ3) is 1.06. The monoisotopic (exact) mass is 180 g/mol. The fourth-order valence-electron chi connectivity index (χ4n) is 0.932. The lowest BCUT2D eigenvalue weighted by Crippen LogP contribution is -2.17. The van der Waals surface area contributed by atoms with Gasteiger partial charge in [-0.05, 0) is 0 Å². The van der Waals surface area contributed by atoms with Gasteiger partial charge >= 0.3 is 5.97 Å². The van der Waals surface area contributed by atoms with Gasteiger partial charge in [-0.3, -0.25) is 9.89 Å². The minimum Gasteiger partial charge on any atom is -0.477 e. The number of hydrogen-bond acceptors (Lipinski definition) is 4. The van der Waals surface area contributed by atoms with Crippen LogP contribution in [0, 0.1) is 0 Å². The number of fused-ring (bicyclic) bond motifs is 1. The van der Waals surface area contributed by atoms with E-state index >= 15 is 0 Å². The average molecular weight is 180 g/mol. The molecule has 66 valence electrons. The van der Waals surface area contributed by atoms with E-state index in [0.717, 1.165) is 10.6 Å². The zero-order valence-electron chi connectivity index (χ0n) is 6.26. The fourth-order valence-corrected chi connectivity index (χ4v) is 0.932. The van der Waals surface area contributed by atoms with Crippen LogP contribution < -0.4 is 5.56 Å². The van der Waals surface area contributed by atoms with Crippen molar-refractivity contribution in [1.82, 2.24) is 19.6 Å². The number of rotatable bonds is 1. The molecule has 0 amide bonds. The van der Waals surface area contributed by atoms with Gasteiger partial charge in [-0.15, -0.1) is 0 Å². The van der Waals surface area contributed by atoms with Crippen molar-refractivity contribution in [2.75, 3.05) is 0 Å². The maximum Gasteiger partial charge on any atom is 0.354 e. The quantitative estimate of drug-likeness (QED) is 0.593. The van der Waals surface area contributed by atoms with Crippen molar-refractivity contribution in [2.24, 2.45) is 0 Å². The molecule has 0 radical (unpaired) electrons. The molecule has 2 aromatic heterocycles. The van der Waals surface area contributed by atoms with E-state index in [9.17, 15) is 9.59 Å². The van der Waals surface area contributed by atoms with Crippen LogP contribution in [0.15, 0.2) is 17.2 Å². The summed E-state index contributed by atoms with van der Waals surface area (Å²) in [6.07, 6.45) is 1.26. The van der Waals surface area contributed by atoms with E-state index in [-0.39, 0.29) is 11.5 Å². The summed E-state index contributed by atoms with van der Waals surface area (Å²) in [5.74, 6) is -1.20. The van der Waals surface area contributed by atoms with Gasteiger partial charge in [0.15, 0.2) is 5.69 Å². The van der Waals surface area contributed by atoms with Crippen LogP contribution in [0.25, 0.3) is 5.78 Å². The molecular weight excluding hydrogens is 176 g/mol. The van der Waals surface area contributed by atoms with Gasteiger partial charge in [-0.25, -0.2) is 14.8 Å². The first-order chi connectivity index (χ1) is 6.18. The highest BCUT2D eigenvalue weighted by Crippen LogP contribution is 1.92. The van der Waals surface area contributed by atoms with Crippen molar-refractivity contribution in [2.45, 2.75) is 0 Å². The summed E-state index contributed by atoms with van der Waals surface area (Å²) in [4.78, 5) is 28.9. The molecule has 13 heavy (non-hydrogen) atoms. The topological polar surface area (TPSA) is 100 Å². The highest BCUT2D eigenvalue weighted by molar-refractivity contribution is 5.85. The largest absolute Gasteiger partial charge is 0.477 e. The molecule has 0 aliphatic heterocycles. The van der Waals surface area contributed by atoms with Gasteiger partial charge in [0.2, 0.25) is 0 Å². The Labute approximate surface area is 70.7 Å². The summed E-state index contributed by atoms with van der Waals surface area (Å²) in [7, 11) is 0. The molecule has 2 heterocycles. The van der Waals surface area contributed by atoms with Crippen molar-refractivity contribution in [1.29, 1.82) is 0 Å². The summed E-state index contributed by atoms with van der Waals surface area (Å²) < 4.78 is 1.05. The molecule has 0 atom stereocenters. The number of carboxylic acids is 1. The number of aromatic amines is 1. The highest BCUT2D eigenvalue weighted by Gasteiger charge is 2.08. The average Bonchev–Trinajstić information content (AvgIpc) is 2.51. The molecule has 7 nitrogen and oxygen atoms in total. The molecule has 0 aliphatic rings. The van der Waals surface area contributed by atoms with Crippen molar-refractivity contribution in [3.63, 3.8) is 0 Å². The number of aromatic carboxylic acids is 1. The predicted molar refractivity (Wildman–Crippen MR) is 40.6 cm³/mol. The Morgan fingerprint density at radius 2 is 2.38 bits per heavy atom. The number of H-pyrrole nitrogens is 1. The normalized spacial score (nSPS) is 10.5. The molecular formula is C6H4N4O3. The first-order valence-corrected chi connectivity index (χ1v) is 3.35. The molecule has 0 spiro atoms. The minimum atomic E-state index is -1.25. The molecule has 0 aliphatic carbocycles. The summed E-state index contributed by atoms with van der Waals surface area (Å²) in [5.41, 5.74) is -0.808. The van der Waals surface area contributed by atoms with Gasteiger partial charge < -0.3 is 5.11 Å². The number of nitrogens with zero attached hydrogens (tertiary/aromatic N) is 3. The summed E-state index contributed by atoms with van der Waals surface area (Å²) in [6.45, 7) is 0. The SMILES string of the molecule is O=C(O)c1cc(=O)n2[nH]cnc2n1. The molecule has 0 saturated carbocycles. The van der Waals surface area contributed by atoms with Gasteiger partial charge in [0.25, 0.3) is 11.3 Å². The predicted octanol–water partition coefficient (Wildman–Crippen LogP) is -0.884. The second-order valence-electron chi connectivity index (χ2n) is 2.31. The van der Waals surface area contributed by atoms with Crippen molar-refractivity contribution >= 4 is 11.7 Å². The lowest BCUT2D eigenvalue weighted by molar-refractivity contribution is 0.0690. The van der Waals surface area contributed by atoms with E-state index in [1.165, 1.54) is 6.33 Å². The smallest absolute Gasteiger partial charge is 0.354 e. The van der Waals surface area contributed by atoms with Crippen LogP contribution in [0.1, 0.15) is 10.5 Å². The van der Waals surface area contributed by atoms with Gasteiger partial charge in [0.1, 0.15) is 6.33 Å². The minimum absolute atomic E-state index is 0.0462. The van der Waals surface area contributed by atoms with Crippen LogP contribution in [0.4, 0.5) is 0 Å². The van der Waals surface area contributed by atoms with Crippen LogP contribution in [0.3, 0.4) is 0 Å². The van der Waals surface area contributed by atoms with E-state index in [0.29, 0.717) is 0 Å². The van der Waals surface area contributed by atoms with E-state index in [1.807, 2.05) is 0 Å². The molecule has 0 saturated heterocycles. The van der Waals surface area contributed by atoms with Crippen molar-refractivity contribution < 1.29 is 9.90 Å². The number of nitrogens with one attached hydrogen (secondary N) is 1. The number of hydrogen-bond donors (Lipinski definition) is 2. The molecule has 0 unspecified atom stereocenters. The van der Waals surface area contributed by atoms with Crippen LogP contribution >= 0.6 is 0 Å². The number of carbonyl (C=O) groups is 1. The summed E-state index contributed by atoms with van der Waals surface area (Å²) in [6, 6.07) is 0.924. The Hall–Kier alpha value is -2.18. The third-order valence-electron chi connectivity index (χ3n) is 1.49. The van der Waals surface area contributed by atoms with Crippen molar-refractivity contribution in [3.8, 4) is 0 Å². The van der Waals surface area contributed by atoms with Gasteiger partial charge in [-0.2, -0.15) is 4.52 Å². The molecule has 2 rings (SSSR count). The van der Waals surface area contributed by atoms with E-state index in [1.54, 1.807) is 0 Å². The summed E-state index contributed by atoms with van der Waals surface area (Å²) >= 11 is 0. The van der Waals surface area contributed by atoms with Crippen molar-refractivity contribution in [3.05, 3.63) is 28.4 Å². The third-order valence-corrected chi connectivity index (χ3v) is 1.49. The fraction of sp³-hybridized carbons (Fsp3) is 0. The molecule has 2 aromatic rings. The first-order valence-electron chi connectivity index (χ1n) is 3.35. The molecule has 0 bridgehead atoms. The summed E-state index contributed by atoms with van der Waals surface area (Å²) in [5, 5.41) is 11.0. The molecule has 7 heteroatoms. The maximum absolute atomic E-state index is 11.2. The van der Waals surface area contributed by atoms with E-state index < -0.39 is 11.5 Å². The Kier molecular flexibility index (Phi) is 1.38. The highest BCUT2D eigenvalue weighted by atomic mass is 16.4. The van der Waals surface area contributed by atoms with E-state index in [2.05, 4.69) is 15.1 Å². The standard InChI is InChI=1S/C6H4N4O3/c11-4-1-3(5(12)13)9-6-7-2-8-10(4)6/h1-2H,(H,12,13)(H,7,8,9). The van der Waals surface area contributed by atoms with Crippen LogP contribution in [0.5, 0.6) is 0 Å². The Morgan fingerprint density at radius 3 is 3.08 bits per heavy atom. The zero-order chi connectivity index (χ0) is 9.42. The number of carboxylic acid groups (broad SMARTS) is 1. The number of aromatic nitrogens is 4. The Balaban J connectivity index is 2.85. The van der Waals surface area contributed by atoms with Gasteiger partial charge in [-0.1, -0.05) is 0 Å². The van der Waals surface area contributed by atoms with Crippen LogP contribution in [-0.2, 0) is 0 Å². The van der Waals surface area contributed by atoms with Crippen LogP contribution in [-0.4, -0.2) is 30.7 Å². The van der Waals surface area contributed by atoms with Crippen LogP contribution in [0.2, 0.25) is 0 Å². The lowest BCUT2D eigenvalue weighted by Gasteiger charge is -1.92.